The largest absolute Gasteiger partial charge is 0.444 e. The van der Waals surface area contributed by atoms with Crippen LogP contribution in [0, 0.1) is 0 Å². The number of ether oxygens (including phenoxy) is 1. The van der Waals surface area contributed by atoms with E-state index < -0.39 is 11.5 Å². The molecule has 1 fully saturated rings. The Bertz CT molecular complexity index is 797. The van der Waals surface area contributed by atoms with Gasteiger partial charge in [-0.2, -0.15) is 0 Å². The van der Waals surface area contributed by atoms with Gasteiger partial charge in [-0.05, 0) is 51.8 Å². The molecule has 0 bridgehead atoms. The van der Waals surface area contributed by atoms with Gasteiger partial charge in [0, 0.05) is 37.0 Å². The van der Waals surface area contributed by atoms with Gasteiger partial charge in [0.2, 0.25) is 11.8 Å². The normalized spacial score (nSPS) is 15.3. The zero-order chi connectivity index (χ0) is 21.6. The molecule has 0 spiro atoms. The minimum Gasteiger partial charge on any atom is -0.444 e. The molecule has 0 aliphatic carbocycles. The van der Waals surface area contributed by atoms with Crippen LogP contribution in [0.15, 0.2) is 30.4 Å². The van der Waals surface area contributed by atoms with E-state index in [9.17, 15) is 14.4 Å². The number of carbonyl (C=O) groups excluding carboxylic acids is 3. The van der Waals surface area contributed by atoms with Crippen LogP contribution in [0.25, 0.3) is 0 Å². The van der Waals surface area contributed by atoms with E-state index >= 15 is 0 Å². The molecule has 1 aliphatic heterocycles. The van der Waals surface area contributed by atoms with Crippen LogP contribution in [0.1, 0.15) is 33.6 Å². The summed E-state index contributed by atoms with van der Waals surface area (Å²) in [6.45, 7) is 6.47. The van der Waals surface area contributed by atoms with Crippen molar-refractivity contribution in [2.45, 2.75) is 45.3 Å². The van der Waals surface area contributed by atoms with Gasteiger partial charge < -0.3 is 20.3 Å². The number of benzene rings is 1. The highest BCUT2D eigenvalue weighted by Gasteiger charge is 2.27. The van der Waals surface area contributed by atoms with Gasteiger partial charge in [-0.25, -0.2) is 4.79 Å². The Morgan fingerprint density at radius 2 is 1.69 bits per heavy atom. The molecule has 2 rings (SSSR count). The molecule has 1 aliphatic rings. The topological polar surface area (TPSA) is 87.7 Å². The minimum atomic E-state index is -0.537. The molecule has 2 N–H and O–H groups in total. The lowest BCUT2D eigenvalue weighted by Gasteiger charge is -2.33. The third kappa shape index (κ3) is 7.95. The number of likely N-dealkylation sites (tertiary alicyclic amines) is 1. The maximum Gasteiger partial charge on any atom is 0.410 e. The number of nitrogens with zero attached hydrogens (tertiary/aromatic N) is 1. The minimum absolute atomic E-state index is 0.0658. The van der Waals surface area contributed by atoms with E-state index in [4.69, 9.17) is 27.9 Å². The molecule has 1 saturated heterocycles. The van der Waals surface area contributed by atoms with Crippen LogP contribution in [0.4, 0.5) is 10.5 Å². The summed E-state index contributed by atoms with van der Waals surface area (Å²) in [5.74, 6) is -0.830. The fraction of sp³-hybridized carbons (Fsp3) is 0.450. The Labute approximate surface area is 180 Å². The van der Waals surface area contributed by atoms with Gasteiger partial charge in [0.25, 0.3) is 0 Å². The number of hydrogen-bond donors (Lipinski definition) is 2. The van der Waals surface area contributed by atoms with Gasteiger partial charge in [0.05, 0.1) is 10.0 Å². The summed E-state index contributed by atoms with van der Waals surface area (Å²) in [6, 6.07) is 4.63. The van der Waals surface area contributed by atoms with Crippen LogP contribution in [0.3, 0.4) is 0 Å². The molecule has 1 heterocycles. The van der Waals surface area contributed by atoms with Crippen molar-refractivity contribution in [3.8, 4) is 0 Å². The highest BCUT2D eigenvalue weighted by Crippen LogP contribution is 2.25. The monoisotopic (exact) mass is 441 g/mol. The maximum atomic E-state index is 12.1. The number of piperidine rings is 1. The van der Waals surface area contributed by atoms with E-state index in [2.05, 4.69) is 10.6 Å². The number of nitrogens with one attached hydrogen (secondary N) is 2. The first-order valence-electron chi connectivity index (χ1n) is 9.26. The van der Waals surface area contributed by atoms with E-state index in [0.717, 1.165) is 6.08 Å². The zero-order valence-corrected chi connectivity index (χ0v) is 18.1. The van der Waals surface area contributed by atoms with E-state index in [-0.39, 0.29) is 18.0 Å². The van der Waals surface area contributed by atoms with Crippen molar-refractivity contribution in [2.75, 3.05) is 18.4 Å². The molecule has 9 heteroatoms. The van der Waals surface area contributed by atoms with Crippen LogP contribution in [0.2, 0.25) is 10.0 Å². The van der Waals surface area contributed by atoms with E-state index in [0.29, 0.717) is 41.7 Å². The summed E-state index contributed by atoms with van der Waals surface area (Å²) in [5, 5.41) is 6.15. The molecule has 0 unspecified atom stereocenters. The van der Waals surface area contributed by atoms with Crippen molar-refractivity contribution in [2.24, 2.45) is 0 Å². The lowest BCUT2D eigenvalue weighted by molar-refractivity contribution is -0.118. The van der Waals surface area contributed by atoms with Crippen molar-refractivity contribution in [1.82, 2.24) is 10.2 Å². The highest BCUT2D eigenvalue weighted by atomic mass is 35.5. The molecule has 0 aromatic heterocycles. The number of anilines is 1. The van der Waals surface area contributed by atoms with Crippen molar-refractivity contribution in [1.29, 1.82) is 0 Å². The predicted octanol–water partition coefficient (Wildman–Crippen LogP) is 4.00. The molecule has 158 valence electrons. The molecule has 29 heavy (non-hydrogen) atoms. The lowest BCUT2D eigenvalue weighted by atomic mass is 10.1. The smallest absolute Gasteiger partial charge is 0.410 e. The molecule has 1 aromatic rings. The van der Waals surface area contributed by atoms with Gasteiger partial charge in [0.1, 0.15) is 5.60 Å². The molecule has 7 nitrogen and oxygen atoms in total. The second kappa shape index (κ2) is 9.98. The first kappa shape index (κ1) is 23.0. The summed E-state index contributed by atoms with van der Waals surface area (Å²) in [4.78, 5) is 37.7. The number of halogens is 2. The van der Waals surface area contributed by atoms with Crippen LogP contribution < -0.4 is 10.6 Å². The molecule has 1 aromatic carbocycles. The third-order valence-corrected chi connectivity index (χ3v) is 4.81. The Morgan fingerprint density at radius 3 is 2.28 bits per heavy atom. The molecule has 0 atom stereocenters. The Balaban J connectivity index is 1.75. The van der Waals surface area contributed by atoms with Gasteiger partial charge in [-0.3, -0.25) is 9.59 Å². The Kier molecular flexibility index (Phi) is 7.93. The molecular weight excluding hydrogens is 417 g/mol. The Morgan fingerprint density at radius 1 is 1.07 bits per heavy atom. The van der Waals surface area contributed by atoms with Crippen molar-refractivity contribution < 1.29 is 19.1 Å². The zero-order valence-electron chi connectivity index (χ0n) is 16.6. The summed E-state index contributed by atoms with van der Waals surface area (Å²) >= 11 is 11.7. The number of rotatable bonds is 4. The summed E-state index contributed by atoms with van der Waals surface area (Å²) < 4.78 is 5.35. The maximum absolute atomic E-state index is 12.1. The van der Waals surface area contributed by atoms with Gasteiger partial charge >= 0.3 is 6.09 Å². The fourth-order valence-electron chi connectivity index (χ4n) is 2.69. The summed E-state index contributed by atoms with van der Waals surface area (Å²) in [5.41, 5.74) is -0.0609. The van der Waals surface area contributed by atoms with Gasteiger partial charge in [-0.1, -0.05) is 23.2 Å². The highest BCUT2D eigenvalue weighted by molar-refractivity contribution is 6.42. The second-order valence-corrected chi connectivity index (χ2v) is 8.52. The lowest BCUT2D eigenvalue weighted by Crippen LogP contribution is -2.47. The SMILES string of the molecule is CC(C)(C)OC(=O)N1CCC(NC(=O)/C=C\C(=O)Nc2ccc(Cl)c(Cl)c2)CC1. The summed E-state index contributed by atoms with van der Waals surface area (Å²) in [6.07, 6.45) is 3.21. The van der Waals surface area contributed by atoms with Gasteiger partial charge in [-0.15, -0.1) is 0 Å². The van der Waals surface area contributed by atoms with Crippen LogP contribution in [-0.4, -0.2) is 47.5 Å². The quantitative estimate of drug-likeness (QED) is 0.690. The van der Waals surface area contributed by atoms with Crippen molar-refractivity contribution >= 4 is 46.8 Å². The number of carbonyl (C=O) groups is 3. The standard InChI is InChI=1S/C20H25Cl2N3O4/c1-20(2,3)29-19(28)25-10-8-13(9-11-25)23-17(26)6-7-18(27)24-14-4-5-15(21)16(22)12-14/h4-7,12-13H,8-11H2,1-3H3,(H,23,26)(H,24,27)/b7-6-. The first-order chi connectivity index (χ1) is 13.5. The van der Waals surface area contributed by atoms with E-state index in [1.807, 2.05) is 20.8 Å². The van der Waals surface area contributed by atoms with Gasteiger partial charge in [0.15, 0.2) is 0 Å². The fourth-order valence-corrected chi connectivity index (χ4v) is 2.99. The molecule has 0 radical (unpaired) electrons. The van der Waals surface area contributed by atoms with E-state index in [1.54, 1.807) is 17.0 Å². The van der Waals surface area contributed by atoms with Crippen LogP contribution in [-0.2, 0) is 14.3 Å². The molecule has 0 saturated carbocycles. The van der Waals surface area contributed by atoms with Crippen molar-refractivity contribution in [3.05, 3.63) is 40.4 Å². The number of hydrogen-bond acceptors (Lipinski definition) is 4. The molecule has 3 amide bonds. The van der Waals surface area contributed by atoms with Crippen molar-refractivity contribution in [3.63, 3.8) is 0 Å². The first-order valence-corrected chi connectivity index (χ1v) is 10.0. The van der Waals surface area contributed by atoms with Crippen LogP contribution >= 0.6 is 23.2 Å². The second-order valence-electron chi connectivity index (χ2n) is 7.70. The average molecular weight is 442 g/mol. The average Bonchev–Trinajstić information content (AvgIpc) is 2.62. The van der Waals surface area contributed by atoms with Crippen LogP contribution in [0.5, 0.6) is 0 Å². The summed E-state index contributed by atoms with van der Waals surface area (Å²) in [7, 11) is 0. The van der Waals surface area contributed by atoms with E-state index in [1.165, 1.54) is 12.1 Å². The number of amides is 3. The molecular formula is C20H25Cl2N3O4. The predicted molar refractivity (Wildman–Crippen MR) is 113 cm³/mol. The Hall–Kier alpha value is -2.25. The third-order valence-electron chi connectivity index (χ3n) is 4.07.